The predicted octanol–water partition coefficient (Wildman–Crippen LogP) is -3.39. The third-order valence-electron chi connectivity index (χ3n) is 3.30. The van der Waals surface area contributed by atoms with Crippen molar-refractivity contribution in [2.75, 3.05) is 26.4 Å². The number of rotatable bonds is 2. The van der Waals surface area contributed by atoms with Crippen LogP contribution < -0.4 is 0 Å². The molecule has 0 bridgehead atoms. The maximum absolute atomic E-state index is 10.7. The standard InChI is InChI=1S/2C4H6O8S2/c2*5-13(6)9-1-3(11-13)4-2-10-14(7,8)12-4/h2*3-4H,1-2H2/t3-,4+;3-,4-/m.1/s1. The van der Waals surface area contributed by atoms with E-state index in [4.69, 9.17) is 0 Å². The molecule has 4 atom stereocenters. The van der Waals surface area contributed by atoms with Gasteiger partial charge in [0.15, 0.2) is 0 Å². The summed E-state index contributed by atoms with van der Waals surface area (Å²) < 4.78 is 120. The molecule has 28 heavy (non-hydrogen) atoms. The van der Waals surface area contributed by atoms with Gasteiger partial charge in [-0.15, -0.1) is 0 Å². The summed E-state index contributed by atoms with van der Waals surface area (Å²) in [4.78, 5) is 0. The fourth-order valence-electron chi connectivity index (χ4n) is 2.11. The van der Waals surface area contributed by atoms with Crippen LogP contribution in [0.4, 0.5) is 0 Å². The summed E-state index contributed by atoms with van der Waals surface area (Å²) in [6.45, 7) is -1.09. The summed E-state index contributed by atoms with van der Waals surface area (Å²) in [5.41, 5.74) is 0. The van der Waals surface area contributed by atoms with E-state index in [1.807, 2.05) is 0 Å². The molecule has 0 saturated carbocycles. The second-order valence-corrected chi connectivity index (χ2v) is 10.3. The van der Waals surface area contributed by atoms with Crippen LogP contribution in [0.2, 0.25) is 0 Å². The summed E-state index contributed by atoms with van der Waals surface area (Å²) in [7, 11) is -16.0. The second-order valence-electron chi connectivity index (χ2n) is 5.31. The normalized spacial score (nSPS) is 40.0. The molecular formula is C8H12O16S4. The first-order valence-corrected chi connectivity index (χ1v) is 12.4. The van der Waals surface area contributed by atoms with E-state index in [-0.39, 0.29) is 26.4 Å². The molecule has 0 unspecified atom stereocenters. The molecule has 164 valence electrons. The van der Waals surface area contributed by atoms with Crippen molar-refractivity contribution < 1.29 is 67.1 Å². The highest BCUT2D eigenvalue weighted by molar-refractivity contribution is 7.82. The monoisotopic (exact) mass is 492 g/mol. The zero-order chi connectivity index (χ0) is 20.8. The van der Waals surface area contributed by atoms with E-state index in [0.29, 0.717) is 0 Å². The fraction of sp³-hybridized carbons (Fsp3) is 1.00. The van der Waals surface area contributed by atoms with Gasteiger partial charge in [0.05, 0.1) is 26.4 Å². The SMILES string of the molecule is O=S1(=O)OC[C@@H]([C@H]2COS(=O)(=O)O2)O1.O=S1(=O)OC[C@H]([C@H]2COS(=O)(=O)O2)O1. The van der Waals surface area contributed by atoms with E-state index in [2.05, 4.69) is 33.5 Å². The van der Waals surface area contributed by atoms with Crippen LogP contribution in [0.15, 0.2) is 0 Å². The third-order valence-corrected chi connectivity index (χ3v) is 6.93. The maximum Gasteiger partial charge on any atom is 0.400 e. The lowest BCUT2D eigenvalue weighted by Crippen LogP contribution is -2.30. The molecule has 4 saturated heterocycles. The Kier molecular flexibility index (Phi) is 6.04. The van der Waals surface area contributed by atoms with Crippen LogP contribution in [0.3, 0.4) is 0 Å². The van der Waals surface area contributed by atoms with Crippen LogP contribution in [0.1, 0.15) is 0 Å². The third kappa shape index (κ3) is 5.76. The van der Waals surface area contributed by atoms with Crippen LogP contribution in [0, 0.1) is 0 Å². The van der Waals surface area contributed by atoms with Crippen LogP contribution >= 0.6 is 0 Å². The van der Waals surface area contributed by atoms with Crippen molar-refractivity contribution >= 4 is 41.6 Å². The minimum atomic E-state index is -4.00. The topological polar surface area (TPSA) is 210 Å². The lowest BCUT2D eigenvalue weighted by Gasteiger charge is -2.08. The van der Waals surface area contributed by atoms with Gasteiger partial charge in [0.2, 0.25) is 0 Å². The highest BCUT2D eigenvalue weighted by Gasteiger charge is 2.44. The van der Waals surface area contributed by atoms with E-state index in [1.165, 1.54) is 0 Å². The minimum Gasteiger partial charge on any atom is -0.245 e. The van der Waals surface area contributed by atoms with Gasteiger partial charge in [0, 0.05) is 0 Å². The summed E-state index contributed by atoms with van der Waals surface area (Å²) in [6.07, 6.45) is -3.90. The van der Waals surface area contributed by atoms with Crippen LogP contribution in [-0.4, -0.2) is 84.5 Å². The predicted molar refractivity (Wildman–Crippen MR) is 79.0 cm³/mol. The lowest BCUT2D eigenvalue weighted by molar-refractivity contribution is 0.0847. The molecule has 0 spiro atoms. The summed E-state index contributed by atoms with van der Waals surface area (Å²) in [5.74, 6) is 0. The smallest absolute Gasteiger partial charge is 0.245 e. The van der Waals surface area contributed by atoms with Gasteiger partial charge in [-0.1, -0.05) is 0 Å². The van der Waals surface area contributed by atoms with Crippen molar-refractivity contribution in [3.63, 3.8) is 0 Å². The molecule has 0 N–H and O–H groups in total. The van der Waals surface area contributed by atoms with Gasteiger partial charge >= 0.3 is 41.6 Å². The van der Waals surface area contributed by atoms with E-state index < -0.39 is 66.0 Å². The number of hydrogen-bond acceptors (Lipinski definition) is 16. The van der Waals surface area contributed by atoms with Gasteiger partial charge in [-0.2, -0.15) is 33.7 Å². The van der Waals surface area contributed by atoms with Crippen molar-refractivity contribution in [2.24, 2.45) is 0 Å². The zero-order valence-corrected chi connectivity index (χ0v) is 16.6. The van der Waals surface area contributed by atoms with E-state index in [0.717, 1.165) is 0 Å². The average Bonchev–Trinajstić information content (AvgIpc) is 3.27. The van der Waals surface area contributed by atoms with Gasteiger partial charge in [0.25, 0.3) is 0 Å². The molecule has 4 aliphatic rings. The Balaban J connectivity index is 0.000000161. The molecule has 0 aromatic carbocycles. The Labute approximate surface area is 159 Å². The van der Waals surface area contributed by atoms with E-state index in [1.54, 1.807) is 0 Å². The lowest BCUT2D eigenvalue weighted by atomic mass is 10.2. The number of hydrogen-bond donors (Lipinski definition) is 0. The van der Waals surface area contributed by atoms with Crippen molar-refractivity contribution in [1.29, 1.82) is 0 Å². The summed E-state index contributed by atoms with van der Waals surface area (Å²) in [5, 5.41) is 0. The van der Waals surface area contributed by atoms with Gasteiger partial charge in [-0.05, 0) is 0 Å². The van der Waals surface area contributed by atoms with Crippen LogP contribution in [-0.2, 0) is 75.1 Å². The van der Waals surface area contributed by atoms with Gasteiger partial charge in [-0.3, -0.25) is 0 Å². The molecule has 20 heteroatoms. The second kappa shape index (κ2) is 7.63. The van der Waals surface area contributed by atoms with E-state index in [9.17, 15) is 33.7 Å². The molecule has 4 aliphatic heterocycles. The molecule has 4 fully saturated rings. The first-order chi connectivity index (χ1) is 12.8. The van der Waals surface area contributed by atoms with Gasteiger partial charge in [0.1, 0.15) is 24.4 Å². The Hall–Kier alpha value is -0.520. The Morgan fingerprint density at radius 1 is 0.393 bits per heavy atom. The molecule has 0 aromatic heterocycles. The maximum atomic E-state index is 10.7. The molecule has 0 radical (unpaired) electrons. The molecule has 0 amide bonds. The van der Waals surface area contributed by atoms with Crippen LogP contribution in [0.5, 0.6) is 0 Å². The summed E-state index contributed by atoms with van der Waals surface area (Å²) >= 11 is 0. The first-order valence-electron chi connectivity index (χ1n) is 7.06. The minimum absolute atomic E-state index is 0.272. The molecule has 16 nitrogen and oxygen atoms in total. The molecule has 4 rings (SSSR count). The van der Waals surface area contributed by atoms with Gasteiger partial charge < -0.3 is 0 Å². The van der Waals surface area contributed by atoms with E-state index >= 15 is 0 Å². The average molecular weight is 492 g/mol. The summed E-state index contributed by atoms with van der Waals surface area (Å²) in [6, 6.07) is 0. The van der Waals surface area contributed by atoms with Crippen molar-refractivity contribution in [3.05, 3.63) is 0 Å². The largest absolute Gasteiger partial charge is 0.400 e. The fourth-order valence-corrected chi connectivity index (χ4v) is 5.46. The highest BCUT2D eigenvalue weighted by atomic mass is 32.3. The molecule has 4 heterocycles. The van der Waals surface area contributed by atoms with Crippen molar-refractivity contribution in [3.8, 4) is 0 Å². The van der Waals surface area contributed by atoms with Crippen molar-refractivity contribution in [2.45, 2.75) is 24.4 Å². The quantitative estimate of drug-likeness (QED) is 0.368. The highest BCUT2D eigenvalue weighted by Crippen LogP contribution is 2.25. The first kappa shape index (κ1) is 22.2. The molecule has 0 aromatic rings. The Morgan fingerprint density at radius 3 is 0.679 bits per heavy atom. The Morgan fingerprint density at radius 2 is 0.571 bits per heavy atom. The van der Waals surface area contributed by atoms with Crippen molar-refractivity contribution in [1.82, 2.24) is 0 Å². The zero-order valence-electron chi connectivity index (χ0n) is 13.3. The molecular weight excluding hydrogens is 480 g/mol. The van der Waals surface area contributed by atoms with Crippen LogP contribution in [0.25, 0.3) is 0 Å². The Bertz CT molecular complexity index is 841. The van der Waals surface area contributed by atoms with Gasteiger partial charge in [-0.25, -0.2) is 33.5 Å². The molecule has 0 aliphatic carbocycles.